The number of alkyl halides is 1. The Morgan fingerprint density at radius 3 is 2.79 bits per heavy atom. The number of rotatable bonds is 5. The highest BCUT2D eigenvalue weighted by molar-refractivity contribution is 7.90. The highest BCUT2D eigenvalue weighted by Gasteiger charge is 2.33. The topological polar surface area (TPSA) is 95.2 Å². The van der Waals surface area contributed by atoms with Crippen LogP contribution in [0, 0.1) is 11.6 Å². The van der Waals surface area contributed by atoms with Crippen LogP contribution < -0.4 is 4.72 Å². The van der Waals surface area contributed by atoms with E-state index in [-0.39, 0.29) is 25.1 Å². The van der Waals surface area contributed by atoms with E-state index in [1.807, 2.05) is 4.72 Å². The van der Waals surface area contributed by atoms with E-state index < -0.39 is 45.0 Å². The molecule has 11 heteroatoms. The summed E-state index contributed by atoms with van der Waals surface area (Å²) in [6.07, 6.45) is 1.49. The number of aromatic amines is 1. The van der Waals surface area contributed by atoms with Gasteiger partial charge in [0.2, 0.25) is 5.78 Å². The van der Waals surface area contributed by atoms with Crippen molar-refractivity contribution in [1.82, 2.24) is 14.3 Å². The molecule has 0 bridgehead atoms. The van der Waals surface area contributed by atoms with Crippen molar-refractivity contribution in [3.05, 3.63) is 59.4 Å². The number of carbonyl (C=O) groups is 1. The summed E-state index contributed by atoms with van der Waals surface area (Å²) in [5.74, 6) is -3.46. The molecule has 0 radical (unpaired) electrons. The van der Waals surface area contributed by atoms with Crippen LogP contribution in [0.5, 0.6) is 0 Å². The third kappa shape index (κ3) is 3.47. The van der Waals surface area contributed by atoms with Crippen molar-refractivity contribution >= 4 is 32.7 Å². The largest absolute Gasteiger partial charge is 0.345 e. The van der Waals surface area contributed by atoms with Gasteiger partial charge < -0.3 is 4.98 Å². The normalized spacial score (nSPS) is 17.7. The van der Waals surface area contributed by atoms with Crippen molar-refractivity contribution in [2.24, 2.45) is 0 Å². The van der Waals surface area contributed by atoms with Crippen LogP contribution in [0.1, 0.15) is 22.3 Å². The fourth-order valence-corrected chi connectivity index (χ4v) is 4.50. The summed E-state index contributed by atoms with van der Waals surface area (Å²) in [5, 5.41) is 0.369. The van der Waals surface area contributed by atoms with Gasteiger partial charge in [-0.25, -0.2) is 18.2 Å². The summed E-state index contributed by atoms with van der Waals surface area (Å²) in [5.41, 5.74) is -1.15. The van der Waals surface area contributed by atoms with Gasteiger partial charge in [0, 0.05) is 36.4 Å². The van der Waals surface area contributed by atoms with Crippen molar-refractivity contribution < 1.29 is 26.4 Å². The minimum absolute atomic E-state index is 0.00859. The lowest BCUT2D eigenvalue weighted by molar-refractivity contribution is 0.103. The number of anilines is 1. The molecule has 1 atom stereocenters. The number of pyridine rings is 1. The number of H-pyrrole nitrogens is 1. The second-order valence-electron chi connectivity index (χ2n) is 6.57. The van der Waals surface area contributed by atoms with Gasteiger partial charge >= 0.3 is 10.2 Å². The number of hydrogen-bond acceptors (Lipinski definition) is 4. The SMILES string of the molecule is O=C(c1c(F)ccc(NS(=O)(=O)N2CC[C@@H](F)C2)c1F)c1c[nH]c2ncccc12. The average Bonchev–Trinajstić information content (AvgIpc) is 3.31. The molecule has 1 aromatic carbocycles. The first-order valence-corrected chi connectivity index (χ1v) is 10.1. The second-order valence-corrected chi connectivity index (χ2v) is 8.24. The Bertz CT molecular complexity index is 1210. The van der Waals surface area contributed by atoms with Gasteiger partial charge in [-0.15, -0.1) is 0 Å². The second kappa shape index (κ2) is 7.16. The minimum atomic E-state index is -4.26. The molecule has 1 aliphatic heterocycles. The molecule has 4 rings (SSSR count). The molecule has 2 N–H and O–H groups in total. The number of hydrogen-bond donors (Lipinski definition) is 2. The molecule has 3 heterocycles. The van der Waals surface area contributed by atoms with E-state index in [4.69, 9.17) is 0 Å². The van der Waals surface area contributed by atoms with Gasteiger partial charge in [-0.1, -0.05) is 0 Å². The number of halogens is 3. The average molecular weight is 424 g/mol. The predicted octanol–water partition coefficient (Wildman–Crippen LogP) is 2.77. The fourth-order valence-electron chi connectivity index (χ4n) is 3.23. The van der Waals surface area contributed by atoms with Crippen LogP contribution >= 0.6 is 0 Å². The Morgan fingerprint density at radius 2 is 2.07 bits per heavy atom. The summed E-state index contributed by atoms with van der Waals surface area (Å²) in [6.45, 7) is -0.417. The Balaban J connectivity index is 1.71. The van der Waals surface area contributed by atoms with Gasteiger partial charge in [0.25, 0.3) is 0 Å². The first-order valence-electron chi connectivity index (χ1n) is 8.64. The van der Waals surface area contributed by atoms with Gasteiger partial charge in [-0.3, -0.25) is 9.52 Å². The zero-order valence-electron chi connectivity index (χ0n) is 14.8. The molecule has 29 heavy (non-hydrogen) atoms. The highest BCUT2D eigenvalue weighted by Crippen LogP contribution is 2.28. The van der Waals surface area contributed by atoms with Crippen LogP contribution in [-0.2, 0) is 10.2 Å². The van der Waals surface area contributed by atoms with Crippen LogP contribution in [0.15, 0.2) is 36.7 Å². The van der Waals surface area contributed by atoms with Gasteiger partial charge in [0.05, 0.1) is 11.3 Å². The van der Waals surface area contributed by atoms with Crippen LogP contribution in [0.25, 0.3) is 11.0 Å². The van der Waals surface area contributed by atoms with E-state index in [0.29, 0.717) is 11.0 Å². The van der Waals surface area contributed by atoms with Crippen LogP contribution in [0.4, 0.5) is 18.9 Å². The number of fused-ring (bicyclic) bond motifs is 1. The van der Waals surface area contributed by atoms with Gasteiger partial charge in [-0.2, -0.15) is 12.7 Å². The maximum absolute atomic E-state index is 15.0. The molecule has 0 amide bonds. The number of benzene rings is 1. The van der Waals surface area contributed by atoms with E-state index in [2.05, 4.69) is 9.97 Å². The summed E-state index contributed by atoms with van der Waals surface area (Å²) in [6, 6.07) is 4.80. The van der Waals surface area contributed by atoms with Crippen LogP contribution in [0.3, 0.4) is 0 Å². The highest BCUT2D eigenvalue weighted by atomic mass is 32.2. The molecular weight excluding hydrogens is 409 g/mol. The fraction of sp³-hybridized carbons (Fsp3) is 0.222. The zero-order chi connectivity index (χ0) is 20.8. The molecule has 0 aliphatic carbocycles. The quantitative estimate of drug-likeness (QED) is 0.616. The molecular formula is C18H15F3N4O3S. The Labute approximate surface area is 163 Å². The number of aromatic nitrogens is 2. The summed E-state index contributed by atoms with van der Waals surface area (Å²) in [4.78, 5) is 19.6. The summed E-state index contributed by atoms with van der Waals surface area (Å²) < 4.78 is 70.1. The molecule has 0 unspecified atom stereocenters. The van der Waals surface area contributed by atoms with Gasteiger partial charge in [0.1, 0.15) is 17.6 Å². The molecule has 2 aromatic heterocycles. The third-order valence-electron chi connectivity index (χ3n) is 4.69. The summed E-state index contributed by atoms with van der Waals surface area (Å²) in [7, 11) is -4.26. The van der Waals surface area contributed by atoms with Crippen LogP contribution in [0.2, 0.25) is 0 Å². The number of carbonyl (C=O) groups excluding carboxylic acids is 1. The third-order valence-corrected chi connectivity index (χ3v) is 6.18. The van der Waals surface area contributed by atoms with E-state index in [1.54, 1.807) is 12.1 Å². The minimum Gasteiger partial charge on any atom is -0.345 e. The van der Waals surface area contributed by atoms with Crippen LogP contribution in [-0.4, -0.2) is 47.7 Å². The predicted molar refractivity (Wildman–Crippen MR) is 99.5 cm³/mol. The van der Waals surface area contributed by atoms with Crippen molar-refractivity contribution in [3.8, 4) is 0 Å². The Kier molecular flexibility index (Phi) is 4.79. The van der Waals surface area contributed by atoms with Crippen molar-refractivity contribution in [3.63, 3.8) is 0 Å². The standard InChI is InChI=1S/C18H15F3N4O3S/c19-10-5-7-25(9-10)29(27,28)24-14-4-3-13(20)15(16(14)21)17(26)12-8-23-18-11(12)2-1-6-22-18/h1-4,6,8,10,24H,5,7,9H2,(H,22,23)/t10-/m1/s1. The molecule has 1 fully saturated rings. The zero-order valence-corrected chi connectivity index (χ0v) is 15.6. The maximum atomic E-state index is 15.0. The first-order chi connectivity index (χ1) is 13.8. The molecule has 1 saturated heterocycles. The Morgan fingerprint density at radius 1 is 1.28 bits per heavy atom. The van der Waals surface area contributed by atoms with E-state index in [0.717, 1.165) is 16.4 Å². The molecule has 152 valence electrons. The molecule has 0 spiro atoms. The first kappa shape index (κ1) is 19.4. The van der Waals surface area contributed by atoms with E-state index in [9.17, 15) is 26.4 Å². The molecule has 7 nitrogen and oxygen atoms in total. The maximum Gasteiger partial charge on any atom is 0.301 e. The van der Waals surface area contributed by atoms with Gasteiger partial charge in [0.15, 0.2) is 5.82 Å². The lowest BCUT2D eigenvalue weighted by Gasteiger charge is -2.18. The van der Waals surface area contributed by atoms with Gasteiger partial charge in [-0.05, 0) is 30.7 Å². The van der Waals surface area contributed by atoms with Crippen molar-refractivity contribution in [2.75, 3.05) is 17.8 Å². The monoisotopic (exact) mass is 424 g/mol. The smallest absolute Gasteiger partial charge is 0.301 e. The number of nitrogens with one attached hydrogen (secondary N) is 2. The van der Waals surface area contributed by atoms with E-state index in [1.165, 1.54) is 12.4 Å². The Hall–Kier alpha value is -2.92. The molecule has 3 aromatic rings. The number of nitrogens with zero attached hydrogens (tertiary/aromatic N) is 2. The van der Waals surface area contributed by atoms with E-state index >= 15 is 0 Å². The number of ketones is 1. The van der Waals surface area contributed by atoms with Crippen molar-refractivity contribution in [2.45, 2.75) is 12.6 Å². The molecule has 1 aliphatic rings. The molecule has 0 saturated carbocycles. The lowest BCUT2D eigenvalue weighted by atomic mass is 10.0. The lowest BCUT2D eigenvalue weighted by Crippen LogP contribution is -2.34. The summed E-state index contributed by atoms with van der Waals surface area (Å²) >= 11 is 0. The van der Waals surface area contributed by atoms with Crippen molar-refractivity contribution in [1.29, 1.82) is 0 Å².